The summed E-state index contributed by atoms with van der Waals surface area (Å²) in [4.78, 5) is 15.4. The molecule has 0 atom stereocenters. The van der Waals surface area contributed by atoms with Crippen molar-refractivity contribution in [3.8, 4) is 5.75 Å². The van der Waals surface area contributed by atoms with Crippen molar-refractivity contribution in [2.24, 2.45) is 4.99 Å². The van der Waals surface area contributed by atoms with Crippen LogP contribution in [0.3, 0.4) is 0 Å². The molecule has 0 fully saturated rings. The Labute approximate surface area is 115 Å². The standard InChI is InChI=1S/C13H12ClN3O2/c1-19-13-6-12(9(15)5-10(13)16)17-11-3-2-7(18)4-8(11)14/h2-6H,15-16H2,1H3. The molecule has 2 rings (SSSR count). The summed E-state index contributed by atoms with van der Waals surface area (Å²) in [6.07, 6.45) is 4.22. The van der Waals surface area contributed by atoms with Crippen molar-refractivity contribution < 1.29 is 9.53 Å². The third kappa shape index (κ3) is 2.77. The number of methoxy groups -OCH3 is 1. The second kappa shape index (κ2) is 5.16. The molecule has 6 heteroatoms. The summed E-state index contributed by atoms with van der Waals surface area (Å²) in [5, 5.41) is 0.266. The van der Waals surface area contributed by atoms with Crippen molar-refractivity contribution in [2.45, 2.75) is 0 Å². The van der Waals surface area contributed by atoms with E-state index in [4.69, 9.17) is 27.8 Å². The molecule has 1 aromatic rings. The molecule has 5 nitrogen and oxygen atoms in total. The Hall–Kier alpha value is -2.27. The van der Waals surface area contributed by atoms with E-state index in [2.05, 4.69) is 4.99 Å². The number of allylic oxidation sites excluding steroid dienone is 4. The minimum absolute atomic E-state index is 0.174. The van der Waals surface area contributed by atoms with Crippen LogP contribution in [0.25, 0.3) is 0 Å². The number of ether oxygens (including phenoxy) is 1. The minimum Gasteiger partial charge on any atom is -0.495 e. The van der Waals surface area contributed by atoms with Crippen LogP contribution >= 0.6 is 11.6 Å². The lowest BCUT2D eigenvalue weighted by molar-refractivity contribution is -0.110. The molecule has 0 aliphatic heterocycles. The van der Waals surface area contributed by atoms with Gasteiger partial charge in [-0.15, -0.1) is 0 Å². The predicted octanol–water partition coefficient (Wildman–Crippen LogP) is 2.19. The van der Waals surface area contributed by atoms with Gasteiger partial charge in [-0.3, -0.25) is 4.79 Å². The summed E-state index contributed by atoms with van der Waals surface area (Å²) in [5.41, 5.74) is 13.3. The van der Waals surface area contributed by atoms with Crippen LogP contribution in [-0.2, 0) is 4.79 Å². The smallest absolute Gasteiger partial charge is 0.180 e. The first-order chi connectivity index (χ1) is 9.01. The zero-order valence-electron chi connectivity index (χ0n) is 10.2. The molecule has 0 saturated carbocycles. The van der Waals surface area contributed by atoms with Crippen LogP contribution in [0.5, 0.6) is 5.75 Å². The molecule has 0 heterocycles. The molecular weight excluding hydrogens is 266 g/mol. The Bertz CT molecular complexity index is 633. The number of nitrogens with zero attached hydrogens (tertiary/aromatic N) is 1. The van der Waals surface area contributed by atoms with Crippen LogP contribution in [0.15, 0.2) is 40.4 Å². The molecule has 98 valence electrons. The first kappa shape index (κ1) is 13.2. The minimum atomic E-state index is -0.174. The first-order valence-corrected chi connectivity index (χ1v) is 5.80. The number of carbonyl (C=O) groups excluding carboxylic acids is 1. The number of nitrogen functional groups attached to an aromatic ring is 2. The number of anilines is 2. The van der Waals surface area contributed by atoms with Gasteiger partial charge in [0, 0.05) is 12.1 Å². The third-order valence-corrected chi connectivity index (χ3v) is 2.84. The molecule has 0 aromatic heterocycles. The van der Waals surface area contributed by atoms with Crippen LogP contribution in [-0.4, -0.2) is 18.6 Å². The Kier molecular flexibility index (Phi) is 3.57. The Morgan fingerprint density at radius 2 is 1.95 bits per heavy atom. The van der Waals surface area contributed by atoms with Crippen LogP contribution in [0.2, 0.25) is 0 Å². The fraction of sp³-hybridized carbons (Fsp3) is 0.0769. The van der Waals surface area contributed by atoms with Crippen molar-refractivity contribution in [3.63, 3.8) is 0 Å². The number of aliphatic imine (C=N–C) groups is 1. The number of benzene rings is 1. The van der Waals surface area contributed by atoms with E-state index in [0.29, 0.717) is 28.5 Å². The predicted molar refractivity (Wildman–Crippen MR) is 77.0 cm³/mol. The average molecular weight is 278 g/mol. The number of carbonyl (C=O) groups is 1. The quantitative estimate of drug-likeness (QED) is 0.640. The molecule has 0 saturated heterocycles. The lowest BCUT2D eigenvalue weighted by Gasteiger charge is -2.09. The SMILES string of the molecule is COc1cc(N=C2C=CC(=O)C=C2Cl)c(N)cc1N. The summed E-state index contributed by atoms with van der Waals surface area (Å²) < 4.78 is 5.10. The highest BCUT2D eigenvalue weighted by Crippen LogP contribution is 2.33. The van der Waals surface area contributed by atoms with E-state index < -0.39 is 0 Å². The van der Waals surface area contributed by atoms with Gasteiger partial charge in [-0.2, -0.15) is 0 Å². The first-order valence-electron chi connectivity index (χ1n) is 5.42. The van der Waals surface area contributed by atoms with Gasteiger partial charge >= 0.3 is 0 Å². The van der Waals surface area contributed by atoms with Crippen molar-refractivity contribution in [1.82, 2.24) is 0 Å². The Balaban J connectivity index is 2.46. The molecular formula is C13H12ClN3O2. The maximum atomic E-state index is 11.1. The number of halogens is 1. The van der Waals surface area contributed by atoms with Crippen LogP contribution < -0.4 is 16.2 Å². The molecule has 4 N–H and O–H groups in total. The molecule has 0 unspecified atom stereocenters. The van der Waals surface area contributed by atoms with Gasteiger partial charge in [0.15, 0.2) is 5.78 Å². The van der Waals surface area contributed by atoms with Gasteiger partial charge in [0.1, 0.15) is 5.75 Å². The van der Waals surface area contributed by atoms with Crippen molar-refractivity contribution in [1.29, 1.82) is 0 Å². The third-order valence-electron chi connectivity index (χ3n) is 2.54. The average Bonchev–Trinajstić information content (AvgIpc) is 2.35. The summed E-state index contributed by atoms with van der Waals surface area (Å²) in [6.45, 7) is 0. The Morgan fingerprint density at radius 1 is 1.21 bits per heavy atom. The highest BCUT2D eigenvalue weighted by Gasteiger charge is 2.11. The van der Waals surface area contributed by atoms with E-state index >= 15 is 0 Å². The molecule has 0 radical (unpaired) electrons. The number of hydrogen-bond donors (Lipinski definition) is 2. The van der Waals surface area contributed by atoms with E-state index in [1.165, 1.54) is 25.3 Å². The zero-order valence-corrected chi connectivity index (χ0v) is 10.9. The van der Waals surface area contributed by atoms with E-state index in [1.807, 2.05) is 0 Å². The highest BCUT2D eigenvalue weighted by molar-refractivity contribution is 6.48. The zero-order chi connectivity index (χ0) is 14.0. The highest BCUT2D eigenvalue weighted by atomic mass is 35.5. The fourth-order valence-corrected chi connectivity index (χ4v) is 1.80. The number of nitrogens with two attached hydrogens (primary N) is 2. The van der Waals surface area contributed by atoms with Crippen molar-refractivity contribution >= 4 is 40.2 Å². The van der Waals surface area contributed by atoms with Crippen molar-refractivity contribution in [2.75, 3.05) is 18.6 Å². The number of ketones is 1. The van der Waals surface area contributed by atoms with Gasteiger partial charge in [0.05, 0.1) is 34.9 Å². The van der Waals surface area contributed by atoms with Crippen LogP contribution in [0.1, 0.15) is 0 Å². The number of hydrogen-bond acceptors (Lipinski definition) is 5. The number of rotatable bonds is 2. The van der Waals surface area contributed by atoms with E-state index in [-0.39, 0.29) is 10.8 Å². The summed E-state index contributed by atoms with van der Waals surface area (Å²) in [7, 11) is 1.50. The van der Waals surface area contributed by atoms with Gasteiger partial charge < -0.3 is 16.2 Å². The molecule has 1 aliphatic carbocycles. The van der Waals surface area contributed by atoms with Gasteiger partial charge in [0.25, 0.3) is 0 Å². The Morgan fingerprint density at radius 3 is 2.58 bits per heavy atom. The molecule has 19 heavy (non-hydrogen) atoms. The van der Waals surface area contributed by atoms with E-state index in [1.54, 1.807) is 12.1 Å². The molecule has 0 spiro atoms. The lowest BCUT2D eigenvalue weighted by Crippen LogP contribution is -2.04. The van der Waals surface area contributed by atoms with Crippen molar-refractivity contribution in [3.05, 3.63) is 35.4 Å². The second-order valence-electron chi connectivity index (χ2n) is 3.88. The fourth-order valence-electron chi connectivity index (χ4n) is 1.59. The topological polar surface area (TPSA) is 90.7 Å². The van der Waals surface area contributed by atoms with Gasteiger partial charge in [-0.05, 0) is 18.2 Å². The molecule has 0 amide bonds. The van der Waals surface area contributed by atoms with Gasteiger partial charge in [0.2, 0.25) is 0 Å². The van der Waals surface area contributed by atoms with Gasteiger partial charge in [-0.1, -0.05) is 11.6 Å². The molecule has 1 aromatic carbocycles. The summed E-state index contributed by atoms with van der Waals surface area (Å²) in [6, 6.07) is 3.18. The largest absolute Gasteiger partial charge is 0.495 e. The van der Waals surface area contributed by atoms with E-state index in [0.717, 1.165) is 0 Å². The summed E-state index contributed by atoms with van der Waals surface area (Å²) >= 11 is 5.95. The monoisotopic (exact) mass is 277 g/mol. The normalized spacial score (nSPS) is 16.6. The second-order valence-corrected chi connectivity index (χ2v) is 4.29. The molecule has 1 aliphatic rings. The summed E-state index contributed by atoms with van der Waals surface area (Å²) in [5.74, 6) is 0.302. The maximum absolute atomic E-state index is 11.1. The lowest BCUT2D eigenvalue weighted by atomic mass is 10.1. The van der Waals surface area contributed by atoms with Gasteiger partial charge in [-0.25, -0.2) is 4.99 Å². The molecule has 0 bridgehead atoms. The van der Waals surface area contributed by atoms with Crippen LogP contribution in [0.4, 0.5) is 17.1 Å². The van der Waals surface area contributed by atoms with Crippen LogP contribution in [0, 0.1) is 0 Å². The maximum Gasteiger partial charge on any atom is 0.180 e. The van der Waals surface area contributed by atoms with E-state index in [9.17, 15) is 4.79 Å².